The number of amides is 1. The molecule has 9 heteroatoms. The molecule has 1 heterocycles. The number of anilines is 1. The largest absolute Gasteiger partial charge is 0.309 e. The van der Waals surface area contributed by atoms with Crippen molar-refractivity contribution in [2.45, 2.75) is 64.2 Å². The lowest BCUT2D eigenvalue weighted by Crippen LogP contribution is -2.22. The molecule has 1 aromatic heterocycles. The van der Waals surface area contributed by atoms with Crippen molar-refractivity contribution in [2.75, 3.05) is 5.32 Å². The highest BCUT2D eigenvalue weighted by atomic mass is 19.2. The molecule has 1 fully saturated rings. The minimum Gasteiger partial charge on any atom is -0.309 e. The zero-order valence-electron chi connectivity index (χ0n) is 20.2. The van der Waals surface area contributed by atoms with Crippen molar-refractivity contribution in [1.29, 1.82) is 0 Å². The van der Waals surface area contributed by atoms with Gasteiger partial charge in [-0.1, -0.05) is 56.4 Å². The van der Waals surface area contributed by atoms with Gasteiger partial charge in [0.15, 0.2) is 29.1 Å². The number of benzene rings is 2. The lowest BCUT2D eigenvalue weighted by molar-refractivity contribution is -0.115. The Hall–Kier alpha value is -3.36. The van der Waals surface area contributed by atoms with Crippen molar-refractivity contribution in [3.05, 3.63) is 75.9 Å². The third-order valence-electron chi connectivity index (χ3n) is 7.35. The summed E-state index contributed by atoms with van der Waals surface area (Å²) < 4.78 is 68.9. The lowest BCUT2D eigenvalue weighted by Gasteiger charge is -2.23. The van der Waals surface area contributed by atoms with Gasteiger partial charge in [0.1, 0.15) is 0 Å². The van der Waals surface area contributed by atoms with E-state index in [9.17, 15) is 26.7 Å². The Morgan fingerprint density at radius 2 is 1.54 bits per heavy atom. The number of rotatable bonds is 6. The summed E-state index contributed by atoms with van der Waals surface area (Å²) in [4.78, 5) is 22.3. The summed E-state index contributed by atoms with van der Waals surface area (Å²) in [6.07, 6.45) is 7.56. The molecule has 4 nitrogen and oxygen atoms in total. The number of carbonyl (C=O) groups excluding carboxylic acids is 1. The Balaban J connectivity index is 1.45. The first-order chi connectivity index (χ1) is 17.8. The molecular weight excluding hydrogens is 489 g/mol. The van der Waals surface area contributed by atoms with E-state index in [0.29, 0.717) is 30.1 Å². The monoisotopic (exact) mass is 515 g/mol. The maximum absolute atomic E-state index is 14.1. The van der Waals surface area contributed by atoms with Gasteiger partial charge in [-0.25, -0.2) is 31.9 Å². The van der Waals surface area contributed by atoms with Crippen LogP contribution in [0, 0.1) is 35.0 Å². The molecule has 0 atom stereocenters. The fraction of sp³-hybridized carbons (Fsp3) is 0.393. The van der Waals surface area contributed by atoms with E-state index < -0.39 is 47.0 Å². The van der Waals surface area contributed by atoms with Gasteiger partial charge in [-0.3, -0.25) is 4.79 Å². The van der Waals surface area contributed by atoms with Crippen LogP contribution in [0.2, 0.25) is 0 Å². The minimum atomic E-state index is -2.26. The molecule has 1 amide bonds. The number of carbonyl (C=O) groups is 1. The van der Waals surface area contributed by atoms with Gasteiger partial charge in [-0.15, -0.1) is 0 Å². The molecule has 2 aromatic carbocycles. The number of hydrogen-bond donors (Lipinski definition) is 1. The van der Waals surface area contributed by atoms with Crippen LogP contribution in [0.5, 0.6) is 0 Å². The van der Waals surface area contributed by atoms with E-state index in [1.54, 1.807) is 0 Å². The maximum Gasteiger partial charge on any atom is 0.230 e. The molecule has 3 aromatic rings. The summed E-state index contributed by atoms with van der Waals surface area (Å²) in [6.45, 7) is 0. The van der Waals surface area contributed by atoms with Gasteiger partial charge < -0.3 is 5.32 Å². The highest BCUT2D eigenvalue weighted by molar-refractivity contribution is 5.92. The Morgan fingerprint density at radius 1 is 0.865 bits per heavy atom. The van der Waals surface area contributed by atoms with E-state index in [1.165, 1.54) is 19.3 Å². The van der Waals surface area contributed by atoms with Crippen LogP contribution < -0.4 is 5.32 Å². The van der Waals surface area contributed by atoms with E-state index in [2.05, 4.69) is 10.3 Å². The average Bonchev–Trinajstić information content (AvgIpc) is 2.92. The van der Waals surface area contributed by atoms with Crippen molar-refractivity contribution >= 4 is 11.7 Å². The number of aryl methyl sites for hydroxylation is 3. The van der Waals surface area contributed by atoms with E-state index in [0.717, 1.165) is 42.5 Å². The standard InChI is InChI=1S/C28H26F5N3O/c29-22-18(23(30)25(32)26(33)24(22)31)14-21(37)36-28-20(12-10-15-6-2-1-3-7-15)34-27-17-9-5-4-8-16(17)11-13-19(27)35-28/h4-5,8-9,15H,1-3,6-7,10-14H2,(H,35,36,37). The Labute approximate surface area is 211 Å². The molecule has 0 saturated heterocycles. The van der Waals surface area contributed by atoms with Crippen molar-refractivity contribution in [3.8, 4) is 11.3 Å². The fourth-order valence-corrected chi connectivity index (χ4v) is 5.35. The predicted molar refractivity (Wildman–Crippen MR) is 128 cm³/mol. The average molecular weight is 516 g/mol. The summed E-state index contributed by atoms with van der Waals surface area (Å²) in [5.74, 6) is -10.7. The van der Waals surface area contributed by atoms with E-state index >= 15 is 0 Å². The molecular formula is C28H26F5N3O. The molecule has 0 aliphatic heterocycles. The second-order valence-electron chi connectivity index (χ2n) is 9.79. The Kier molecular flexibility index (Phi) is 7.22. The van der Waals surface area contributed by atoms with E-state index in [-0.39, 0.29) is 5.82 Å². The van der Waals surface area contributed by atoms with Crippen LogP contribution in [0.1, 0.15) is 61.0 Å². The number of halogens is 5. The summed E-state index contributed by atoms with van der Waals surface area (Å²) >= 11 is 0. The normalized spacial score (nSPS) is 15.3. The molecule has 37 heavy (non-hydrogen) atoms. The quantitative estimate of drug-likeness (QED) is 0.228. The topological polar surface area (TPSA) is 54.9 Å². The minimum absolute atomic E-state index is 0.169. The van der Waals surface area contributed by atoms with Crippen LogP contribution in [0.3, 0.4) is 0 Å². The third-order valence-corrected chi connectivity index (χ3v) is 7.35. The number of aromatic nitrogens is 2. The van der Waals surface area contributed by atoms with Crippen LogP contribution in [-0.2, 0) is 30.5 Å². The number of nitrogens with zero attached hydrogens (tertiary/aromatic N) is 2. The molecule has 2 aliphatic carbocycles. The molecule has 0 bridgehead atoms. The van der Waals surface area contributed by atoms with Crippen molar-refractivity contribution in [1.82, 2.24) is 9.97 Å². The van der Waals surface area contributed by atoms with Crippen LogP contribution in [0.4, 0.5) is 27.8 Å². The van der Waals surface area contributed by atoms with Gasteiger partial charge in [-0.2, -0.15) is 0 Å². The molecule has 1 N–H and O–H groups in total. The molecule has 194 valence electrons. The summed E-state index contributed by atoms with van der Waals surface area (Å²) in [7, 11) is 0. The lowest BCUT2D eigenvalue weighted by atomic mass is 9.85. The van der Waals surface area contributed by atoms with Crippen LogP contribution in [-0.4, -0.2) is 15.9 Å². The van der Waals surface area contributed by atoms with Crippen molar-refractivity contribution in [3.63, 3.8) is 0 Å². The first-order valence-electron chi connectivity index (χ1n) is 12.6. The smallest absolute Gasteiger partial charge is 0.230 e. The second-order valence-corrected chi connectivity index (χ2v) is 9.79. The first kappa shape index (κ1) is 25.3. The van der Waals surface area contributed by atoms with Gasteiger partial charge in [0.05, 0.1) is 23.5 Å². The maximum atomic E-state index is 14.1. The molecule has 0 spiro atoms. The summed E-state index contributed by atoms with van der Waals surface area (Å²) in [5.41, 5.74) is 2.94. The van der Waals surface area contributed by atoms with Gasteiger partial charge in [0, 0.05) is 11.1 Å². The Morgan fingerprint density at radius 3 is 2.27 bits per heavy atom. The van der Waals surface area contributed by atoms with Gasteiger partial charge >= 0.3 is 0 Å². The van der Waals surface area contributed by atoms with Crippen LogP contribution in [0.15, 0.2) is 24.3 Å². The fourth-order valence-electron chi connectivity index (χ4n) is 5.35. The third kappa shape index (κ3) is 5.08. The zero-order valence-corrected chi connectivity index (χ0v) is 20.2. The van der Waals surface area contributed by atoms with Gasteiger partial charge in [0.25, 0.3) is 0 Å². The molecule has 1 saturated carbocycles. The zero-order chi connectivity index (χ0) is 26.1. The van der Waals surface area contributed by atoms with E-state index in [4.69, 9.17) is 4.98 Å². The van der Waals surface area contributed by atoms with Crippen LogP contribution in [0.25, 0.3) is 11.3 Å². The van der Waals surface area contributed by atoms with Gasteiger partial charge in [0.2, 0.25) is 11.7 Å². The highest BCUT2D eigenvalue weighted by Crippen LogP contribution is 2.34. The van der Waals surface area contributed by atoms with Crippen molar-refractivity contribution < 1.29 is 26.7 Å². The van der Waals surface area contributed by atoms with E-state index in [1.807, 2.05) is 24.3 Å². The van der Waals surface area contributed by atoms with Crippen LogP contribution >= 0.6 is 0 Å². The highest BCUT2D eigenvalue weighted by Gasteiger charge is 2.28. The molecule has 5 rings (SSSR count). The molecule has 2 aliphatic rings. The first-order valence-corrected chi connectivity index (χ1v) is 12.6. The predicted octanol–water partition coefficient (Wildman–Crippen LogP) is 6.63. The second kappa shape index (κ2) is 10.6. The molecule has 0 unspecified atom stereocenters. The SMILES string of the molecule is O=C(Cc1c(F)c(F)c(F)c(F)c1F)Nc1nc2c(nc1CCC1CCCCC1)-c1ccccc1CC2. The summed E-state index contributed by atoms with van der Waals surface area (Å²) in [6, 6.07) is 7.92. The molecule has 0 radical (unpaired) electrons. The van der Waals surface area contributed by atoms with Crippen molar-refractivity contribution in [2.24, 2.45) is 5.92 Å². The number of fused-ring (bicyclic) bond motifs is 3. The van der Waals surface area contributed by atoms with Gasteiger partial charge in [-0.05, 0) is 37.2 Å². The number of hydrogen-bond acceptors (Lipinski definition) is 3. The Bertz CT molecular complexity index is 1330. The number of nitrogens with one attached hydrogen (secondary N) is 1. The summed E-state index contributed by atoms with van der Waals surface area (Å²) in [5, 5.41) is 2.54.